The van der Waals surface area contributed by atoms with Crippen molar-refractivity contribution in [3.63, 3.8) is 0 Å². The zero-order chi connectivity index (χ0) is 7.68. The van der Waals surface area contributed by atoms with E-state index >= 15 is 0 Å². The lowest BCUT2D eigenvalue weighted by Crippen LogP contribution is -1.77. The van der Waals surface area contributed by atoms with Crippen LogP contribution in [0.25, 0.3) is 0 Å². The minimum Gasteiger partial charge on any atom is -0.0630 e. The van der Waals surface area contributed by atoms with Crippen LogP contribution < -0.4 is 0 Å². The van der Waals surface area contributed by atoms with Crippen LogP contribution in [0.15, 0.2) is 34.9 Å². The Hall–Kier alpha value is -0.780. The molecule has 0 saturated heterocycles. The molecular formula is C11H14. The van der Waals surface area contributed by atoms with Crippen LogP contribution in [0.1, 0.15) is 32.6 Å². The van der Waals surface area contributed by atoms with Crippen LogP contribution >= 0.6 is 0 Å². The Bertz CT molecular complexity index is 243. The van der Waals surface area contributed by atoms with Gasteiger partial charge in [0.05, 0.1) is 0 Å². The van der Waals surface area contributed by atoms with Gasteiger partial charge in [0.25, 0.3) is 0 Å². The van der Waals surface area contributed by atoms with Crippen LogP contribution in [0.3, 0.4) is 0 Å². The predicted molar refractivity (Wildman–Crippen MR) is 48.4 cm³/mol. The summed E-state index contributed by atoms with van der Waals surface area (Å²) >= 11 is 0. The maximum absolute atomic E-state index is 2.31. The van der Waals surface area contributed by atoms with E-state index in [1.165, 1.54) is 36.8 Å². The summed E-state index contributed by atoms with van der Waals surface area (Å²) in [5, 5.41) is 0. The average Bonchev–Trinajstić information content (AvgIpc) is 2.55. The lowest BCUT2D eigenvalue weighted by atomic mass is 10.1. The third-order valence-electron chi connectivity index (χ3n) is 2.52. The molecule has 11 heavy (non-hydrogen) atoms. The van der Waals surface area contributed by atoms with Gasteiger partial charge in [0.2, 0.25) is 0 Å². The smallest absolute Gasteiger partial charge is 0.0262 e. The molecule has 0 bridgehead atoms. The molecule has 0 N–H and O–H groups in total. The Morgan fingerprint density at radius 1 is 1.09 bits per heavy atom. The summed E-state index contributed by atoms with van der Waals surface area (Å²) in [5.41, 5.74) is 4.58. The molecule has 2 rings (SSSR count). The third-order valence-corrected chi connectivity index (χ3v) is 2.52. The van der Waals surface area contributed by atoms with Crippen LogP contribution in [0.4, 0.5) is 0 Å². The molecule has 0 aromatic carbocycles. The first kappa shape index (κ1) is 6.90. The number of rotatable bonds is 0. The van der Waals surface area contributed by atoms with Crippen molar-refractivity contribution in [1.29, 1.82) is 0 Å². The molecule has 58 valence electrons. The molecular weight excluding hydrogens is 132 g/mol. The second kappa shape index (κ2) is 2.69. The molecule has 0 spiro atoms. The molecule has 2 aliphatic rings. The quantitative estimate of drug-likeness (QED) is 0.491. The van der Waals surface area contributed by atoms with Gasteiger partial charge in [0.1, 0.15) is 0 Å². The summed E-state index contributed by atoms with van der Waals surface area (Å²) in [6.07, 6.45) is 12.3. The van der Waals surface area contributed by atoms with Gasteiger partial charge in [0, 0.05) is 0 Å². The van der Waals surface area contributed by atoms with Gasteiger partial charge < -0.3 is 0 Å². The minimum absolute atomic E-state index is 1.34. The first-order valence-electron chi connectivity index (χ1n) is 4.45. The summed E-state index contributed by atoms with van der Waals surface area (Å²) in [6.45, 7) is 2.17. The molecule has 1 fully saturated rings. The molecule has 0 aliphatic heterocycles. The van der Waals surface area contributed by atoms with Crippen LogP contribution in [0.2, 0.25) is 0 Å². The number of allylic oxidation sites excluding steroid dienone is 6. The van der Waals surface area contributed by atoms with Gasteiger partial charge in [-0.2, -0.15) is 0 Å². The molecule has 0 aromatic heterocycles. The third kappa shape index (κ3) is 1.30. The molecule has 0 aromatic rings. The van der Waals surface area contributed by atoms with Gasteiger partial charge in [0.15, 0.2) is 0 Å². The lowest BCUT2D eigenvalue weighted by Gasteiger charge is -1.97. The van der Waals surface area contributed by atoms with Crippen molar-refractivity contribution in [2.45, 2.75) is 32.6 Å². The normalized spacial score (nSPS) is 23.2. The van der Waals surface area contributed by atoms with Crippen LogP contribution in [-0.4, -0.2) is 0 Å². The van der Waals surface area contributed by atoms with Gasteiger partial charge >= 0.3 is 0 Å². The number of hydrogen-bond acceptors (Lipinski definition) is 0. The highest BCUT2D eigenvalue weighted by Crippen LogP contribution is 2.30. The average molecular weight is 146 g/mol. The molecule has 0 nitrogen and oxygen atoms in total. The van der Waals surface area contributed by atoms with Crippen molar-refractivity contribution >= 4 is 0 Å². The van der Waals surface area contributed by atoms with Gasteiger partial charge in [-0.25, -0.2) is 0 Å². The van der Waals surface area contributed by atoms with E-state index in [1.54, 1.807) is 5.57 Å². The number of hydrogen-bond donors (Lipinski definition) is 0. The highest BCUT2D eigenvalue weighted by molar-refractivity contribution is 5.48. The summed E-state index contributed by atoms with van der Waals surface area (Å²) in [4.78, 5) is 0. The van der Waals surface area contributed by atoms with E-state index < -0.39 is 0 Å². The highest BCUT2D eigenvalue weighted by atomic mass is 14.2. The van der Waals surface area contributed by atoms with E-state index in [4.69, 9.17) is 0 Å². The van der Waals surface area contributed by atoms with Crippen molar-refractivity contribution in [2.24, 2.45) is 0 Å². The Morgan fingerprint density at radius 3 is 2.36 bits per heavy atom. The van der Waals surface area contributed by atoms with Gasteiger partial charge in [-0.05, 0) is 38.2 Å². The molecule has 0 heteroatoms. The monoisotopic (exact) mass is 146 g/mol. The first-order chi connectivity index (χ1) is 5.36. The minimum atomic E-state index is 1.34. The van der Waals surface area contributed by atoms with E-state index in [0.29, 0.717) is 0 Å². The fraction of sp³-hybridized carbons (Fsp3) is 0.455. The maximum atomic E-state index is 2.31. The topological polar surface area (TPSA) is 0 Å². The largest absolute Gasteiger partial charge is 0.0630 e. The molecule has 2 aliphatic carbocycles. The van der Waals surface area contributed by atoms with Crippen LogP contribution in [0.5, 0.6) is 0 Å². The van der Waals surface area contributed by atoms with Gasteiger partial charge in [-0.15, -0.1) is 0 Å². The second-order valence-corrected chi connectivity index (χ2v) is 3.49. The summed E-state index contributed by atoms with van der Waals surface area (Å²) in [7, 11) is 0. The van der Waals surface area contributed by atoms with E-state index in [1.807, 2.05) is 0 Å². The van der Waals surface area contributed by atoms with E-state index in [9.17, 15) is 0 Å². The molecule has 0 radical (unpaired) electrons. The predicted octanol–water partition coefficient (Wildman–Crippen LogP) is 3.37. The molecule has 0 atom stereocenters. The Balaban J connectivity index is 2.27. The summed E-state index contributed by atoms with van der Waals surface area (Å²) < 4.78 is 0. The molecule has 1 saturated carbocycles. The zero-order valence-corrected chi connectivity index (χ0v) is 7.06. The summed E-state index contributed by atoms with van der Waals surface area (Å²) in [6, 6.07) is 0. The lowest BCUT2D eigenvalue weighted by molar-refractivity contribution is 0.886. The molecule has 0 unspecified atom stereocenters. The zero-order valence-electron chi connectivity index (χ0n) is 7.06. The standard InChI is InChI=1S/C11H14/c1-9-6-7-11(8-9)10-4-2-3-5-10/h6-8H,2-5H2,1H3. The van der Waals surface area contributed by atoms with Crippen molar-refractivity contribution < 1.29 is 0 Å². The molecule has 0 amide bonds. The Morgan fingerprint density at radius 2 is 1.82 bits per heavy atom. The van der Waals surface area contributed by atoms with E-state index in [0.717, 1.165) is 0 Å². The first-order valence-corrected chi connectivity index (χ1v) is 4.45. The fourth-order valence-corrected chi connectivity index (χ4v) is 1.87. The van der Waals surface area contributed by atoms with Crippen LogP contribution in [-0.2, 0) is 0 Å². The van der Waals surface area contributed by atoms with Crippen molar-refractivity contribution in [3.8, 4) is 0 Å². The van der Waals surface area contributed by atoms with Crippen molar-refractivity contribution in [3.05, 3.63) is 34.9 Å². The maximum Gasteiger partial charge on any atom is -0.0262 e. The SMILES string of the molecule is CC1=CC(=C2CCCC2)C=C1. The van der Waals surface area contributed by atoms with Crippen molar-refractivity contribution in [2.75, 3.05) is 0 Å². The Labute approximate surface area is 68.3 Å². The second-order valence-electron chi connectivity index (χ2n) is 3.49. The van der Waals surface area contributed by atoms with Crippen LogP contribution in [0, 0.1) is 0 Å². The Kier molecular flexibility index (Phi) is 1.69. The van der Waals surface area contributed by atoms with E-state index in [-0.39, 0.29) is 0 Å². The van der Waals surface area contributed by atoms with Crippen molar-refractivity contribution in [1.82, 2.24) is 0 Å². The van der Waals surface area contributed by atoms with E-state index in [2.05, 4.69) is 25.2 Å². The molecule has 0 heterocycles. The fourth-order valence-electron chi connectivity index (χ4n) is 1.87. The highest BCUT2D eigenvalue weighted by Gasteiger charge is 2.11. The van der Waals surface area contributed by atoms with Gasteiger partial charge in [-0.3, -0.25) is 0 Å². The summed E-state index contributed by atoms with van der Waals surface area (Å²) in [5.74, 6) is 0. The van der Waals surface area contributed by atoms with Gasteiger partial charge in [-0.1, -0.05) is 29.4 Å².